The first kappa shape index (κ1) is 11.1. The van der Waals surface area contributed by atoms with Crippen molar-refractivity contribution in [2.75, 3.05) is 26.2 Å². The van der Waals surface area contributed by atoms with Gasteiger partial charge in [-0.1, -0.05) is 0 Å². The van der Waals surface area contributed by atoms with Crippen LogP contribution in [0.1, 0.15) is 13.8 Å². The topological polar surface area (TPSA) is 69.6 Å². The van der Waals surface area contributed by atoms with Gasteiger partial charge in [0.15, 0.2) is 11.3 Å². The second-order valence-corrected chi connectivity index (χ2v) is 3.67. The molecule has 0 aliphatic carbocycles. The predicted octanol–water partition coefficient (Wildman–Crippen LogP) is -0.676. The molecule has 0 aromatic carbocycles. The molecule has 1 aliphatic rings. The van der Waals surface area contributed by atoms with Gasteiger partial charge in [0.05, 0.1) is 0 Å². The van der Waals surface area contributed by atoms with E-state index >= 15 is 0 Å². The van der Waals surface area contributed by atoms with Crippen molar-refractivity contribution in [2.24, 2.45) is 0 Å². The van der Waals surface area contributed by atoms with Crippen LogP contribution in [-0.2, 0) is 9.59 Å². The van der Waals surface area contributed by atoms with E-state index in [1.807, 2.05) is 0 Å². The van der Waals surface area contributed by atoms with E-state index in [0.29, 0.717) is 13.1 Å². The molecule has 0 aromatic heterocycles. The third kappa shape index (κ3) is 1.78. The lowest BCUT2D eigenvalue weighted by molar-refractivity contribution is -0.156. The van der Waals surface area contributed by atoms with E-state index in [2.05, 4.69) is 5.32 Å². The van der Waals surface area contributed by atoms with Crippen LogP contribution in [-0.4, -0.2) is 53.5 Å². The van der Waals surface area contributed by atoms with Crippen LogP contribution in [0.3, 0.4) is 0 Å². The van der Waals surface area contributed by atoms with Gasteiger partial charge in [-0.25, -0.2) is 4.79 Å². The zero-order chi connectivity index (χ0) is 10.8. The Labute approximate surface area is 83.1 Å². The lowest BCUT2D eigenvalue weighted by Gasteiger charge is -2.38. The fourth-order valence-corrected chi connectivity index (χ4v) is 1.62. The van der Waals surface area contributed by atoms with Crippen molar-refractivity contribution in [2.45, 2.75) is 19.4 Å². The van der Waals surface area contributed by atoms with Crippen molar-refractivity contribution in [3.63, 3.8) is 0 Å². The van der Waals surface area contributed by atoms with Gasteiger partial charge in [0.2, 0.25) is 0 Å². The number of aliphatic carboxylic acids is 1. The van der Waals surface area contributed by atoms with Crippen molar-refractivity contribution >= 4 is 11.8 Å². The van der Waals surface area contributed by atoms with Gasteiger partial charge in [0.25, 0.3) is 0 Å². The summed E-state index contributed by atoms with van der Waals surface area (Å²) in [4.78, 5) is 24.2. The zero-order valence-electron chi connectivity index (χ0n) is 8.54. The lowest BCUT2D eigenvalue weighted by Crippen LogP contribution is -2.62. The second kappa shape index (κ2) is 4.06. The molecular weight excluding hydrogens is 184 g/mol. The number of piperazine rings is 1. The standard InChI is InChI=1S/C9H16N2O3/c1-7(12)9(2,8(13)14)11-5-3-10-4-6-11/h10H,3-6H2,1-2H3,(H,13,14). The molecule has 80 valence electrons. The summed E-state index contributed by atoms with van der Waals surface area (Å²) in [5.74, 6) is -1.38. The van der Waals surface area contributed by atoms with E-state index in [0.717, 1.165) is 13.1 Å². The van der Waals surface area contributed by atoms with Gasteiger partial charge < -0.3 is 10.4 Å². The maximum atomic E-state index is 11.4. The highest BCUT2D eigenvalue weighted by Crippen LogP contribution is 2.17. The molecule has 1 unspecified atom stereocenters. The van der Waals surface area contributed by atoms with Gasteiger partial charge >= 0.3 is 5.97 Å². The summed E-state index contributed by atoms with van der Waals surface area (Å²) in [5, 5.41) is 12.2. The highest BCUT2D eigenvalue weighted by molar-refractivity contribution is 6.06. The molecule has 14 heavy (non-hydrogen) atoms. The van der Waals surface area contributed by atoms with Crippen molar-refractivity contribution in [3.05, 3.63) is 0 Å². The summed E-state index contributed by atoms with van der Waals surface area (Å²) in [7, 11) is 0. The molecule has 1 rings (SSSR count). The zero-order valence-corrected chi connectivity index (χ0v) is 8.54. The number of nitrogens with zero attached hydrogens (tertiary/aromatic N) is 1. The van der Waals surface area contributed by atoms with Crippen molar-refractivity contribution in [1.82, 2.24) is 10.2 Å². The molecule has 1 heterocycles. The first-order valence-electron chi connectivity index (χ1n) is 4.70. The van der Waals surface area contributed by atoms with Gasteiger partial charge in [-0.05, 0) is 13.8 Å². The van der Waals surface area contributed by atoms with Crippen molar-refractivity contribution in [3.8, 4) is 0 Å². The van der Waals surface area contributed by atoms with E-state index in [1.54, 1.807) is 4.90 Å². The van der Waals surface area contributed by atoms with Gasteiger partial charge in [0, 0.05) is 26.2 Å². The van der Waals surface area contributed by atoms with Crippen LogP contribution in [0.25, 0.3) is 0 Å². The van der Waals surface area contributed by atoms with Gasteiger partial charge in [0.1, 0.15) is 0 Å². The maximum Gasteiger partial charge on any atom is 0.331 e. The third-order valence-corrected chi connectivity index (χ3v) is 2.85. The number of nitrogens with one attached hydrogen (secondary N) is 1. The van der Waals surface area contributed by atoms with Crippen molar-refractivity contribution < 1.29 is 14.7 Å². The molecule has 1 fully saturated rings. The first-order valence-corrected chi connectivity index (χ1v) is 4.70. The predicted molar refractivity (Wildman–Crippen MR) is 51.2 cm³/mol. The first-order chi connectivity index (χ1) is 6.49. The van der Waals surface area contributed by atoms with Crippen LogP contribution >= 0.6 is 0 Å². The van der Waals surface area contributed by atoms with E-state index in [9.17, 15) is 9.59 Å². The third-order valence-electron chi connectivity index (χ3n) is 2.85. The van der Waals surface area contributed by atoms with Crippen LogP contribution in [0.2, 0.25) is 0 Å². The Morgan fingerprint density at radius 3 is 2.21 bits per heavy atom. The van der Waals surface area contributed by atoms with E-state index in [1.165, 1.54) is 13.8 Å². The number of carbonyl (C=O) groups is 2. The molecule has 1 aliphatic heterocycles. The summed E-state index contributed by atoms with van der Waals surface area (Å²) < 4.78 is 0. The van der Waals surface area contributed by atoms with E-state index in [4.69, 9.17) is 5.11 Å². The van der Waals surface area contributed by atoms with E-state index in [-0.39, 0.29) is 5.78 Å². The second-order valence-electron chi connectivity index (χ2n) is 3.67. The molecular formula is C9H16N2O3. The Morgan fingerprint density at radius 1 is 1.36 bits per heavy atom. The molecule has 0 radical (unpaired) electrons. The Morgan fingerprint density at radius 2 is 1.86 bits per heavy atom. The SMILES string of the molecule is CC(=O)C(C)(C(=O)O)N1CCNCC1. The average molecular weight is 200 g/mol. The molecule has 0 bridgehead atoms. The van der Waals surface area contributed by atoms with Crippen LogP contribution in [0.15, 0.2) is 0 Å². The fourth-order valence-electron chi connectivity index (χ4n) is 1.62. The Balaban J connectivity index is 2.86. The highest BCUT2D eigenvalue weighted by atomic mass is 16.4. The number of hydrogen-bond acceptors (Lipinski definition) is 4. The molecule has 0 amide bonds. The number of rotatable bonds is 3. The quantitative estimate of drug-likeness (QED) is 0.591. The lowest BCUT2D eigenvalue weighted by atomic mass is 9.94. The fraction of sp³-hybridized carbons (Fsp3) is 0.778. The number of carboxylic acids is 1. The monoisotopic (exact) mass is 200 g/mol. The summed E-state index contributed by atoms with van der Waals surface area (Å²) in [6, 6.07) is 0. The van der Waals surface area contributed by atoms with Crippen molar-refractivity contribution in [1.29, 1.82) is 0 Å². The summed E-state index contributed by atoms with van der Waals surface area (Å²) in [6.45, 7) is 5.47. The number of ketones is 1. The number of Topliss-reactive ketones (excluding diaryl/α,β-unsaturated/α-hetero) is 1. The molecule has 1 atom stereocenters. The van der Waals surface area contributed by atoms with Crippen LogP contribution < -0.4 is 5.32 Å². The van der Waals surface area contributed by atoms with Crippen LogP contribution in [0, 0.1) is 0 Å². The number of carbonyl (C=O) groups excluding carboxylic acids is 1. The minimum atomic E-state index is -1.36. The van der Waals surface area contributed by atoms with Gasteiger partial charge in [-0.3, -0.25) is 9.69 Å². The summed E-state index contributed by atoms with van der Waals surface area (Å²) >= 11 is 0. The Kier molecular flexibility index (Phi) is 3.23. The molecule has 1 saturated heterocycles. The molecule has 0 spiro atoms. The minimum absolute atomic E-state index is 0.313. The molecule has 0 saturated carbocycles. The van der Waals surface area contributed by atoms with Gasteiger partial charge in [-0.15, -0.1) is 0 Å². The molecule has 5 heteroatoms. The maximum absolute atomic E-state index is 11.4. The smallest absolute Gasteiger partial charge is 0.331 e. The largest absolute Gasteiger partial charge is 0.480 e. The van der Waals surface area contributed by atoms with Crippen LogP contribution in [0.5, 0.6) is 0 Å². The number of carboxylic acid groups (broad SMARTS) is 1. The summed E-state index contributed by atoms with van der Waals surface area (Å²) in [6.07, 6.45) is 0. The average Bonchev–Trinajstić information content (AvgIpc) is 2.17. The number of hydrogen-bond donors (Lipinski definition) is 2. The molecule has 2 N–H and O–H groups in total. The highest BCUT2D eigenvalue weighted by Gasteiger charge is 2.44. The van der Waals surface area contributed by atoms with Crippen LogP contribution in [0.4, 0.5) is 0 Å². The van der Waals surface area contributed by atoms with Gasteiger partial charge in [-0.2, -0.15) is 0 Å². The Hall–Kier alpha value is -0.940. The molecule has 0 aromatic rings. The molecule has 5 nitrogen and oxygen atoms in total. The Bertz CT molecular complexity index is 232. The minimum Gasteiger partial charge on any atom is -0.480 e. The normalized spacial score (nSPS) is 22.7. The van der Waals surface area contributed by atoms with E-state index < -0.39 is 11.5 Å². The summed E-state index contributed by atoms with van der Waals surface area (Å²) in [5.41, 5.74) is -1.36.